The summed E-state index contributed by atoms with van der Waals surface area (Å²) in [5.41, 5.74) is 0.972. The number of rotatable bonds is 3. The second-order valence-electron chi connectivity index (χ2n) is 2.17. The van der Waals surface area contributed by atoms with Crippen molar-refractivity contribution in [2.75, 3.05) is 7.05 Å². The normalized spacial score (nSPS) is 10.2. The van der Waals surface area contributed by atoms with Crippen LogP contribution in [0.3, 0.4) is 0 Å². The van der Waals surface area contributed by atoms with E-state index in [1.165, 1.54) is 0 Å². The lowest BCUT2D eigenvalue weighted by Gasteiger charge is -1.87. The molecule has 0 saturated carbocycles. The first-order chi connectivity index (χ1) is 4.86. The van der Waals surface area contributed by atoms with Crippen molar-refractivity contribution in [2.24, 2.45) is 0 Å². The number of hydrogen-bond acceptors (Lipinski definition) is 3. The van der Waals surface area contributed by atoms with Crippen LogP contribution in [0.15, 0.2) is 10.6 Å². The van der Waals surface area contributed by atoms with Gasteiger partial charge in [-0.15, -0.1) is 0 Å². The van der Waals surface area contributed by atoms with Gasteiger partial charge in [0.25, 0.3) is 0 Å². The minimum atomic E-state index is 0.781. The first kappa shape index (κ1) is 7.28. The van der Waals surface area contributed by atoms with E-state index in [-0.39, 0.29) is 0 Å². The van der Waals surface area contributed by atoms with Gasteiger partial charge in [0.05, 0.1) is 5.69 Å². The summed E-state index contributed by atoms with van der Waals surface area (Å²) in [7, 11) is 1.89. The topological polar surface area (TPSA) is 38.1 Å². The van der Waals surface area contributed by atoms with Gasteiger partial charge in [0, 0.05) is 19.0 Å². The Morgan fingerprint density at radius 1 is 1.70 bits per heavy atom. The third-order valence-corrected chi connectivity index (χ3v) is 1.31. The summed E-state index contributed by atoms with van der Waals surface area (Å²) in [6.45, 7) is 2.83. The molecule has 0 saturated heterocycles. The molecule has 0 radical (unpaired) electrons. The van der Waals surface area contributed by atoms with Crippen LogP contribution in [-0.2, 0) is 13.0 Å². The van der Waals surface area contributed by atoms with Crippen LogP contribution in [0.25, 0.3) is 0 Å². The van der Waals surface area contributed by atoms with Crippen molar-refractivity contribution in [3.63, 3.8) is 0 Å². The molecule has 56 valence electrons. The van der Waals surface area contributed by atoms with Crippen LogP contribution in [0.4, 0.5) is 0 Å². The zero-order valence-electron chi connectivity index (χ0n) is 6.35. The molecule has 0 aliphatic rings. The minimum Gasteiger partial charge on any atom is -0.361 e. The summed E-state index contributed by atoms with van der Waals surface area (Å²) >= 11 is 0. The van der Waals surface area contributed by atoms with Crippen molar-refractivity contribution in [3.8, 4) is 0 Å². The number of aryl methyl sites for hydroxylation is 1. The number of aromatic nitrogens is 1. The highest BCUT2D eigenvalue weighted by molar-refractivity contribution is 5.04. The predicted octanol–water partition coefficient (Wildman–Crippen LogP) is 0.956. The fraction of sp³-hybridized carbons (Fsp3) is 0.571. The second-order valence-corrected chi connectivity index (χ2v) is 2.17. The van der Waals surface area contributed by atoms with E-state index in [1.54, 1.807) is 0 Å². The van der Waals surface area contributed by atoms with E-state index in [9.17, 15) is 0 Å². The van der Waals surface area contributed by atoms with Gasteiger partial charge in [-0.2, -0.15) is 0 Å². The third-order valence-electron chi connectivity index (χ3n) is 1.31. The monoisotopic (exact) mass is 140 g/mol. The predicted molar refractivity (Wildman–Crippen MR) is 38.6 cm³/mol. The van der Waals surface area contributed by atoms with Gasteiger partial charge in [0.1, 0.15) is 5.76 Å². The van der Waals surface area contributed by atoms with Crippen LogP contribution < -0.4 is 5.32 Å². The van der Waals surface area contributed by atoms with Gasteiger partial charge in [-0.3, -0.25) is 0 Å². The van der Waals surface area contributed by atoms with Gasteiger partial charge in [0.15, 0.2) is 0 Å². The van der Waals surface area contributed by atoms with E-state index >= 15 is 0 Å². The summed E-state index contributed by atoms with van der Waals surface area (Å²) in [6.07, 6.45) is 0.913. The smallest absolute Gasteiger partial charge is 0.136 e. The molecular weight excluding hydrogens is 128 g/mol. The van der Waals surface area contributed by atoms with E-state index in [1.807, 2.05) is 20.0 Å². The van der Waals surface area contributed by atoms with Crippen molar-refractivity contribution in [1.29, 1.82) is 0 Å². The lowest BCUT2D eigenvalue weighted by atomic mass is 10.3. The van der Waals surface area contributed by atoms with Crippen molar-refractivity contribution >= 4 is 0 Å². The maximum atomic E-state index is 4.98. The Balaban J connectivity index is 2.59. The molecule has 0 atom stereocenters. The molecule has 0 unspecified atom stereocenters. The molecule has 1 N–H and O–H groups in total. The molecule has 1 aromatic rings. The minimum absolute atomic E-state index is 0.781. The highest BCUT2D eigenvalue weighted by Crippen LogP contribution is 2.02. The largest absolute Gasteiger partial charge is 0.361 e. The van der Waals surface area contributed by atoms with Gasteiger partial charge in [-0.1, -0.05) is 12.1 Å². The maximum absolute atomic E-state index is 4.98. The summed E-state index contributed by atoms with van der Waals surface area (Å²) in [6, 6.07) is 1.97. The van der Waals surface area contributed by atoms with Gasteiger partial charge < -0.3 is 9.84 Å². The third kappa shape index (κ3) is 1.57. The van der Waals surface area contributed by atoms with E-state index in [2.05, 4.69) is 10.5 Å². The van der Waals surface area contributed by atoms with Crippen LogP contribution in [-0.4, -0.2) is 12.2 Å². The summed E-state index contributed by atoms with van der Waals surface area (Å²) in [5.74, 6) is 0.949. The second kappa shape index (κ2) is 3.37. The molecule has 0 aliphatic carbocycles. The first-order valence-corrected chi connectivity index (χ1v) is 3.46. The van der Waals surface area contributed by atoms with Gasteiger partial charge >= 0.3 is 0 Å². The quantitative estimate of drug-likeness (QED) is 0.679. The van der Waals surface area contributed by atoms with Crippen LogP contribution >= 0.6 is 0 Å². The molecule has 0 fully saturated rings. The van der Waals surface area contributed by atoms with Crippen LogP contribution in [0.2, 0.25) is 0 Å². The van der Waals surface area contributed by atoms with E-state index in [0.29, 0.717) is 0 Å². The summed E-state index contributed by atoms with van der Waals surface area (Å²) < 4.78 is 4.98. The molecule has 0 bridgehead atoms. The number of nitrogens with one attached hydrogen (secondary N) is 1. The summed E-state index contributed by atoms with van der Waals surface area (Å²) in [4.78, 5) is 0. The van der Waals surface area contributed by atoms with Crippen molar-refractivity contribution < 1.29 is 4.52 Å². The molecule has 1 heterocycles. The standard InChI is InChI=1S/C7H12N2O/c1-3-7-4-6(5-8-2)9-10-7/h4,8H,3,5H2,1-2H3. The van der Waals surface area contributed by atoms with E-state index in [4.69, 9.17) is 4.52 Å². The highest BCUT2D eigenvalue weighted by Gasteiger charge is 1.98. The maximum Gasteiger partial charge on any atom is 0.136 e. The Bertz CT molecular complexity index is 195. The molecule has 3 nitrogen and oxygen atoms in total. The Hall–Kier alpha value is -0.830. The van der Waals surface area contributed by atoms with Crippen molar-refractivity contribution in [3.05, 3.63) is 17.5 Å². The highest BCUT2D eigenvalue weighted by atomic mass is 16.5. The number of hydrogen-bond donors (Lipinski definition) is 1. The van der Waals surface area contributed by atoms with Crippen LogP contribution in [0.5, 0.6) is 0 Å². The zero-order chi connectivity index (χ0) is 7.40. The first-order valence-electron chi connectivity index (χ1n) is 3.46. The molecule has 0 aliphatic heterocycles. The molecular formula is C7H12N2O. The van der Waals surface area contributed by atoms with E-state index in [0.717, 1.165) is 24.4 Å². The van der Waals surface area contributed by atoms with Gasteiger partial charge in [-0.25, -0.2) is 0 Å². The van der Waals surface area contributed by atoms with Gasteiger partial charge in [-0.05, 0) is 7.05 Å². The molecule has 0 aromatic carbocycles. The average Bonchev–Trinajstić information content (AvgIpc) is 2.37. The zero-order valence-corrected chi connectivity index (χ0v) is 6.35. The van der Waals surface area contributed by atoms with Crippen molar-refractivity contribution in [2.45, 2.75) is 19.9 Å². The SMILES string of the molecule is CCc1cc(CNC)no1. The Kier molecular flexibility index (Phi) is 2.45. The fourth-order valence-electron chi connectivity index (χ4n) is 0.787. The Morgan fingerprint density at radius 3 is 3.00 bits per heavy atom. The van der Waals surface area contributed by atoms with E-state index < -0.39 is 0 Å². The average molecular weight is 140 g/mol. The van der Waals surface area contributed by atoms with Crippen LogP contribution in [0, 0.1) is 0 Å². The lowest BCUT2D eigenvalue weighted by Crippen LogP contribution is -2.04. The molecule has 0 amide bonds. The molecule has 10 heavy (non-hydrogen) atoms. The number of nitrogens with zero attached hydrogens (tertiary/aromatic N) is 1. The van der Waals surface area contributed by atoms with Crippen LogP contribution in [0.1, 0.15) is 18.4 Å². The fourth-order valence-corrected chi connectivity index (χ4v) is 0.787. The molecule has 0 spiro atoms. The van der Waals surface area contributed by atoms with Gasteiger partial charge in [0.2, 0.25) is 0 Å². The Labute approximate surface area is 60.4 Å². The molecule has 1 rings (SSSR count). The molecule has 3 heteroatoms. The lowest BCUT2D eigenvalue weighted by molar-refractivity contribution is 0.379. The van der Waals surface area contributed by atoms with Crippen molar-refractivity contribution in [1.82, 2.24) is 10.5 Å². The Morgan fingerprint density at radius 2 is 2.50 bits per heavy atom. The summed E-state index contributed by atoms with van der Waals surface area (Å²) in [5, 5.41) is 6.84. The molecule has 1 aromatic heterocycles.